The Bertz CT molecular complexity index is 667. The Morgan fingerprint density at radius 1 is 1.44 bits per heavy atom. The van der Waals surface area contributed by atoms with Crippen LogP contribution in [0.5, 0.6) is 0 Å². The Balaban J connectivity index is 1.33. The lowest BCUT2D eigenvalue weighted by atomic mass is 9.74. The predicted molar refractivity (Wildman–Crippen MR) is 99.9 cm³/mol. The third-order valence-corrected chi connectivity index (χ3v) is 6.25. The van der Waals surface area contributed by atoms with E-state index in [0.29, 0.717) is 26.0 Å². The minimum absolute atomic E-state index is 0.0277. The lowest BCUT2D eigenvalue weighted by Crippen LogP contribution is -2.65. The van der Waals surface area contributed by atoms with Crippen LogP contribution in [-0.2, 0) is 20.7 Å². The molecule has 7 heteroatoms. The molecule has 1 spiro atoms. The second-order valence-electron chi connectivity index (χ2n) is 8.65. The molecule has 2 unspecified atom stereocenters. The van der Waals surface area contributed by atoms with E-state index in [1.165, 1.54) is 12.8 Å². The van der Waals surface area contributed by atoms with Crippen LogP contribution in [0.2, 0.25) is 0 Å². The lowest BCUT2D eigenvalue weighted by molar-refractivity contribution is -0.172. The Hall–Kier alpha value is -1.89. The van der Waals surface area contributed by atoms with Crippen molar-refractivity contribution in [2.75, 3.05) is 13.2 Å². The number of aromatic amines is 1. The molecule has 148 valence electrons. The first-order chi connectivity index (χ1) is 13.0. The van der Waals surface area contributed by atoms with Gasteiger partial charge in [-0.05, 0) is 44.1 Å². The number of H-pyrrole nitrogens is 1. The van der Waals surface area contributed by atoms with Crippen molar-refractivity contribution in [2.45, 2.75) is 76.0 Å². The molecule has 0 radical (unpaired) electrons. The van der Waals surface area contributed by atoms with Crippen LogP contribution in [0.4, 0.5) is 0 Å². The van der Waals surface area contributed by atoms with Gasteiger partial charge in [-0.25, -0.2) is 0 Å². The fraction of sp³-hybridized carbons (Fsp3) is 0.750. The van der Waals surface area contributed by atoms with Gasteiger partial charge in [-0.15, -0.1) is 0 Å². The van der Waals surface area contributed by atoms with E-state index in [9.17, 15) is 9.59 Å². The molecular weight excluding hydrogens is 344 g/mol. The van der Waals surface area contributed by atoms with Crippen molar-refractivity contribution >= 4 is 11.8 Å². The number of aromatic nitrogens is 2. The molecule has 2 heterocycles. The maximum atomic E-state index is 12.9. The number of hydrogen-bond acceptors (Lipinski definition) is 4. The zero-order valence-corrected chi connectivity index (χ0v) is 16.1. The summed E-state index contributed by atoms with van der Waals surface area (Å²) in [5.41, 5.74) is 0.733. The van der Waals surface area contributed by atoms with Gasteiger partial charge in [-0.3, -0.25) is 14.7 Å². The summed E-state index contributed by atoms with van der Waals surface area (Å²) in [5.74, 6) is 0.924. The van der Waals surface area contributed by atoms with E-state index < -0.39 is 0 Å². The van der Waals surface area contributed by atoms with Crippen LogP contribution in [0.3, 0.4) is 0 Å². The van der Waals surface area contributed by atoms with Gasteiger partial charge in [0.1, 0.15) is 0 Å². The number of nitrogens with one attached hydrogen (secondary N) is 2. The molecule has 1 aromatic heterocycles. The Kier molecular flexibility index (Phi) is 5.21. The highest BCUT2D eigenvalue weighted by molar-refractivity contribution is 5.80. The summed E-state index contributed by atoms with van der Waals surface area (Å²) in [5, 5.41) is 9.78. The van der Waals surface area contributed by atoms with Gasteiger partial charge in [0.2, 0.25) is 11.8 Å². The van der Waals surface area contributed by atoms with Gasteiger partial charge in [-0.1, -0.05) is 12.8 Å². The van der Waals surface area contributed by atoms with Gasteiger partial charge in [0.15, 0.2) is 0 Å². The van der Waals surface area contributed by atoms with Gasteiger partial charge >= 0.3 is 0 Å². The zero-order chi connectivity index (χ0) is 18.9. The van der Waals surface area contributed by atoms with Crippen molar-refractivity contribution in [3.05, 3.63) is 18.0 Å². The first kappa shape index (κ1) is 18.5. The zero-order valence-electron chi connectivity index (χ0n) is 16.1. The summed E-state index contributed by atoms with van der Waals surface area (Å²) in [4.78, 5) is 27.3. The fourth-order valence-electron chi connectivity index (χ4n) is 4.39. The molecule has 3 aliphatic rings. The molecule has 3 fully saturated rings. The molecule has 2 aliphatic carbocycles. The van der Waals surface area contributed by atoms with E-state index in [-0.39, 0.29) is 29.5 Å². The SMILES string of the molecule is CC(CC1CC1)NC(=O)CC1CN(C(=O)Cc2cn[nH]c2)C2(CCC2)CO1. The summed E-state index contributed by atoms with van der Waals surface area (Å²) < 4.78 is 6.02. The summed E-state index contributed by atoms with van der Waals surface area (Å²) in [6, 6.07) is 0.213. The van der Waals surface area contributed by atoms with Gasteiger partial charge in [0.25, 0.3) is 0 Å². The third-order valence-electron chi connectivity index (χ3n) is 6.25. The van der Waals surface area contributed by atoms with Crippen LogP contribution in [0, 0.1) is 5.92 Å². The van der Waals surface area contributed by atoms with Crippen molar-refractivity contribution in [1.82, 2.24) is 20.4 Å². The van der Waals surface area contributed by atoms with E-state index in [4.69, 9.17) is 4.74 Å². The molecule has 1 aromatic rings. The van der Waals surface area contributed by atoms with Crippen LogP contribution in [0.1, 0.15) is 57.4 Å². The molecule has 2 N–H and O–H groups in total. The molecule has 2 amide bonds. The van der Waals surface area contributed by atoms with Gasteiger partial charge in [0.05, 0.1) is 37.3 Å². The highest BCUT2D eigenvalue weighted by atomic mass is 16.5. The highest BCUT2D eigenvalue weighted by Crippen LogP contribution is 2.41. The van der Waals surface area contributed by atoms with Crippen molar-refractivity contribution in [1.29, 1.82) is 0 Å². The predicted octanol–water partition coefficient (Wildman–Crippen LogP) is 1.80. The smallest absolute Gasteiger partial charge is 0.227 e. The van der Waals surface area contributed by atoms with E-state index in [1.54, 1.807) is 12.4 Å². The number of nitrogens with zero attached hydrogens (tertiary/aromatic N) is 2. The first-order valence-corrected chi connectivity index (χ1v) is 10.2. The standard InChI is InChI=1S/C20H30N4O3/c1-14(7-15-3-4-15)23-18(25)9-17-12-24(20(13-27-17)5-2-6-20)19(26)8-16-10-21-22-11-16/h10-11,14-15,17H,2-9,12-13H2,1H3,(H,21,22)(H,23,25). The molecule has 7 nitrogen and oxygen atoms in total. The minimum Gasteiger partial charge on any atom is -0.373 e. The summed E-state index contributed by atoms with van der Waals surface area (Å²) in [6.45, 7) is 3.11. The van der Waals surface area contributed by atoms with Gasteiger partial charge < -0.3 is 15.0 Å². The number of carbonyl (C=O) groups is 2. The number of amides is 2. The molecule has 0 aromatic carbocycles. The second-order valence-corrected chi connectivity index (χ2v) is 8.65. The third kappa shape index (κ3) is 4.34. The Labute approximate surface area is 160 Å². The average Bonchev–Trinajstić information content (AvgIpc) is 3.25. The molecule has 2 saturated carbocycles. The largest absolute Gasteiger partial charge is 0.373 e. The first-order valence-electron chi connectivity index (χ1n) is 10.2. The summed E-state index contributed by atoms with van der Waals surface area (Å²) in [7, 11) is 0. The van der Waals surface area contributed by atoms with Crippen LogP contribution in [0.15, 0.2) is 12.4 Å². The summed E-state index contributed by atoms with van der Waals surface area (Å²) in [6.07, 6.45) is 10.6. The number of rotatable bonds is 7. The van der Waals surface area contributed by atoms with Gasteiger partial charge in [-0.2, -0.15) is 5.10 Å². The minimum atomic E-state index is -0.224. The molecule has 1 aliphatic heterocycles. The number of hydrogen-bond donors (Lipinski definition) is 2. The van der Waals surface area contributed by atoms with Crippen molar-refractivity contribution in [2.24, 2.45) is 5.92 Å². The molecule has 2 atom stereocenters. The fourth-order valence-corrected chi connectivity index (χ4v) is 4.39. The molecule has 27 heavy (non-hydrogen) atoms. The molecule has 0 bridgehead atoms. The van der Waals surface area contributed by atoms with Crippen LogP contribution >= 0.6 is 0 Å². The number of morpholine rings is 1. The van der Waals surface area contributed by atoms with Crippen LogP contribution in [0.25, 0.3) is 0 Å². The van der Waals surface area contributed by atoms with E-state index >= 15 is 0 Å². The van der Waals surface area contributed by atoms with Crippen LogP contribution in [-0.4, -0.2) is 57.7 Å². The maximum absolute atomic E-state index is 12.9. The molecular formula is C20H30N4O3. The van der Waals surface area contributed by atoms with E-state index in [2.05, 4.69) is 22.4 Å². The number of ether oxygens (including phenoxy) is 1. The Morgan fingerprint density at radius 2 is 2.26 bits per heavy atom. The topological polar surface area (TPSA) is 87.3 Å². The average molecular weight is 374 g/mol. The van der Waals surface area contributed by atoms with Crippen molar-refractivity contribution in [3.8, 4) is 0 Å². The van der Waals surface area contributed by atoms with Crippen molar-refractivity contribution < 1.29 is 14.3 Å². The molecule has 4 rings (SSSR count). The number of carbonyl (C=O) groups excluding carboxylic acids is 2. The molecule has 1 saturated heterocycles. The summed E-state index contributed by atoms with van der Waals surface area (Å²) >= 11 is 0. The highest BCUT2D eigenvalue weighted by Gasteiger charge is 2.49. The monoisotopic (exact) mass is 374 g/mol. The Morgan fingerprint density at radius 3 is 2.89 bits per heavy atom. The second kappa shape index (κ2) is 7.62. The quantitative estimate of drug-likeness (QED) is 0.762. The van der Waals surface area contributed by atoms with E-state index in [0.717, 1.165) is 37.2 Å². The van der Waals surface area contributed by atoms with Crippen molar-refractivity contribution in [3.63, 3.8) is 0 Å². The van der Waals surface area contributed by atoms with Gasteiger partial charge in [0, 0.05) is 18.8 Å². The van der Waals surface area contributed by atoms with E-state index in [1.807, 2.05) is 4.90 Å². The maximum Gasteiger partial charge on any atom is 0.227 e. The lowest BCUT2D eigenvalue weighted by Gasteiger charge is -2.54. The normalized spacial score (nSPS) is 25.1. The van der Waals surface area contributed by atoms with Crippen LogP contribution < -0.4 is 5.32 Å².